The van der Waals surface area contributed by atoms with E-state index in [2.05, 4.69) is 11.1 Å². The molecule has 0 unspecified atom stereocenters. The van der Waals surface area contributed by atoms with Crippen LogP contribution < -0.4 is 0 Å². The Morgan fingerprint density at radius 2 is 1.95 bits per heavy atom. The van der Waals surface area contributed by atoms with Crippen LogP contribution in [0.4, 0.5) is 5.82 Å². The molecular weight excluding hydrogens is 256 g/mol. The molecule has 0 fully saturated rings. The third-order valence-electron chi connectivity index (χ3n) is 3.44. The number of nitriles is 1. The van der Waals surface area contributed by atoms with Gasteiger partial charge in [0.15, 0.2) is 0 Å². The minimum atomic E-state index is -0.460. The van der Waals surface area contributed by atoms with E-state index in [1.165, 1.54) is 4.40 Å². The molecule has 0 bridgehead atoms. The molecule has 0 N–H and O–H groups in total. The summed E-state index contributed by atoms with van der Waals surface area (Å²) in [5.74, 6) is -0.0836. The average molecular weight is 266 g/mol. The minimum absolute atomic E-state index is 0.0836. The van der Waals surface area contributed by atoms with Gasteiger partial charge in [0.1, 0.15) is 23.0 Å². The van der Waals surface area contributed by atoms with Crippen molar-refractivity contribution in [2.75, 3.05) is 0 Å². The van der Waals surface area contributed by atoms with Crippen LogP contribution in [0.25, 0.3) is 16.4 Å². The first-order valence-electron chi connectivity index (χ1n) is 6.01. The summed E-state index contributed by atoms with van der Waals surface area (Å²) in [6.07, 6.45) is 0. The first-order chi connectivity index (χ1) is 9.56. The van der Waals surface area contributed by atoms with Crippen molar-refractivity contribution in [2.45, 2.75) is 13.8 Å². The summed E-state index contributed by atoms with van der Waals surface area (Å²) < 4.78 is 1.45. The van der Waals surface area contributed by atoms with Crippen molar-refractivity contribution >= 4 is 22.2 Å². The van der Waals surface area contributed by atoms with Gasteiger partial charge in [-0.3, -0.25) is 0 Å². The topological polar surface area (TPSA) is 84.2 Å². The van der Waals surface area contributed by atoms with Crippen molar-refractivity contribution in [3.05, 3.63) is 51.3 Å². The Labute approximate surface area is 114 Å². The lowest BCUT2D eigenvalue weighted by atomic mass is 10.1. The van der Waals surface area contributed by atoms with Crippen LogP contribution in [-0.4, -0.2) is 14.3 Å². The quantitative estimate of drug-likeness (QED) is 0.500. The van der Waals surface area contributed by atoms with Crippen molar-refractivity contribution in [1.29, 1.82) is 5.26 Å². The highest BCUT2D eigenvalue weighted by Gasteiger charge is 2.25. The number of nitrogens with zero attached hydrogens (tertiary/aromatic N) is 4. The Hall–Kier alpha value is -2.94. The molecule has 20 heavy (non-hydrogen) atoms. The summed E-state index contributed by atoms with van der Waals surface area (Å²) in [6, 6.07) is 9.45. The van der Waals surface area contributed by atoms with Gasteiger partial charge in [0.25, 0.3) is 0 Å². The molecule has 0 atom stereocenters. The zero-order valence-electron chi connectivity index (χ0n) is 10.9. The van der Waals surface area contributed by atoms with Crippen molar-refractivity contribution in [1.82, 2.24) is 9.38 Å². The van der Waals surface area contributed by atoms with E-state index in [-0.39, 0.29) is 5.82 Å². The van der Waals surface area contributed by atoms with Crippen LogP contribution in [-0.2, 0) is 0 Å². The summed E-state index contributed by atoms with van der Waals surface area (Å²) in [6.45, 7) is 3.30. The Balaban J connectivity index is 2.69. The van der Waals surface area contributed by atoms with E-state index in [0.29, 0.717) is 22.6 Å². The molecule has 2 heterocycles. The van der Waals surface area contributed by atoms with Crippen molar-refractivity contribution in [3.8, 4) is 6.07 Å². The first kappa shape index (κ1) is 12.1. The molecular formula is C14H10N4O2. The summed E-state index contributed by atoms with van der Waals surface area (Å²) in [5, 5.41) is 22.1. The maximum absolute atomic E-state index is 11.2. The van der Waals surface area contributed by atoms with Crippen molar-refractivity contribution < 1.29 is 4.92 Å². The Bertz CT molecular complexity index is 918. The zero-order valence-corrected chi connectivity index (χ0v) is 10.9. The fourth-order valence-electron chi connectivity index (χ4n) is 2.58. The van der Waals surface area contributed by atoms with Gasteiger partial charge in [0.2, 0.25) is 5.65 Å². The molecule has 0 saturated heterocycles. The molecule has 0 aliphatic heterocycles. The number of fused-ring (bicyclic) bond motifs is 3. The van der Waals surface area contributed by atoms with Crippen LogP contribution in [0.5, 0.6) is 0 Å². The lowest BCUT2D eigenvalue weighted by Crippen LogP contribution is -2.02. The number of hydrogen-bond donors (Lipinski definition) is 0. The molecule has 0 saturated carbocycles. The Morgan fingerprint density at radius 3 is 2.55 bits per heavy atom. The van der Waals surface area contributed by atoms with Crippen molar-refractivity contribution in [3.63, 3.8) is 0 Å². The molecule has 6 nitrogen and oxygen atoms in total. The predicted molar refractivity (Wildman–Crippen MR) is 73.5 cm³/mol. The van der Waals surface area contributed by atoms with Gasteiger partial charge >= 0.3 is 5.82 Å². The fraction of sp³-hybridized carbons (Fsp3) is 0.143. The molecule has 0 aliphatic carbocycles. The van der Waals surface area contributed by atoms with Gasteiger partial charge in [-0.2, -0.15) is 9.66 Å². The maximum atomic E-state index is 11.2. The molecule has 98 valence electrons. The number of aryl methyl sites for hydroxylation is 2. The maximum Gasteiger partial charge on any atom is 0.351 e. The Kier molecular flexibility index (Phi) is 2.44. The molecule has 2 aromatic heterocycles. The number of pyridine rings is 1. The molecule has 0 aliphatic rings. The molecule has 0 radical (unpaired) electrons. The number of rotatable bonds is 1. The van der Waals surface area contributed by atoms with Crippen LogP contribution in [0.2, 0.25) is 0 Å². The second-order valence-electron chi connectivity index (χ2n) is 4.55. The lowest BCUT2D eigenvalue weighted by Gasteiger charge is -2.04. The Morgan fingerprint density at radius 1 is 1.30 bits per heavy atom. The van der Waals surface area contributed by atoms with Crippen LogP contribution in [0.15, 0.2) is 24.3 Å². The highest BCUT2D eigenvalue weighted by molar-refractivity contribution is 5.98. The van der Waals surface area contributed by atoms with E-state index in [1.807, 2.05) is 24.3 Å². The zero-order chi connectivity index (χ0) is 14.4. The van der Waals surface area contributed by atoms with Gasteiger partial charge in [0, 0.05) is 5.39 Å². The number of nitro groups is 1. The molecule has 1 aromatic carbocycles. The fourth-order valence-corrected chi connectivity index (χ4v) is 2.58. The second kappa shape index (κ2) is 4.03. The third kappa shape index (κ3) is 1.40. The molecule has 0 spiro atoms. The summed E-state index contributed by atoms with van der Waals surface area (Å²) in [5.41, 5.74) is 1.83. The molecule has 0 amide bonds. The van der Waals surface area contributed by atoms with Gasteiger partial charge in [-0.05, 0) is 24.8 Å². The van der Waals surface area contributed by atoms with Crippen LogP contribution >= 0.6 is 0 Å². The molecule has 3 aromatic rings. The van der Waals surface area contributed by atoms with Crippen LogP contribution in [0.3, 0.4) is 0 Å². The second-order valence-corrected chi connectivity index (χ2v) is 4.55. The largest absolute Gasteiger partial charge is 0.358 e. The molecule has 3 rings (SSSR count). The van der Waals surface area contributed by atoms with Gasteiger partial charge in [0.05, 0.1) is 5.39 Å². The van der Waals surface area contributed by atoms with E-state index >= 15 is 0 Å². The summed E-state index contributed by atoms with van der Waals surface area (Å²) in [4.78, 5) is 15.1. The SMILES string of the molecule is Cc1nc2c3ccccc3c(C#N)c(C)n2c1[N+](=O)[O-]. The number of hydrogen-bond acceptors (Lipinski definition) is 4. The van der Waals surface area contributed by atoms with E-state index < -0.39 is 4.92 Å². The van der Waals surface area contributed by atoms with Gasteiger partial charge in [-0.25, -0.2) is 4.98 Å². The number of aromatic nitrogens is 2. The van der Waals surface area contributed by atoms with E-state index in [9.17, 15) is 15.4 Å². The lowest BCUT2D eigenvalue weighted by molar-refractivity contribution is -0.391. The monoisotopic (exact) mass is 266 g/mol. The smallest absolute Gasteiger partial charge is 0.351 e. The van der Waals surface area contributed by atoms with E-state index in [1.54, 1.807) is 13.8 Å². The summed E-state index contributed by atoms with van der Waals surface area (Å²) >= 11 is 0. The molecule has 6 heteroatoms. The van der Waals surface area contributed by atoms with E-state index in [4.69, 9.17) is 0 Å². The minimum Gasteiger partial charge on any atom is -0.358 e. The predicted octanol–water partition coefficient (Wildman–Crippen LogP) is 2.88. The van der Waals surface area contributed by atoms with E-state index in [0.717, 1.165) is 10.8 Å². The number of imidazole rings is 1. The first-order valence-corrected chi connectivity index (χ1v) is 6.01. The summed E-state index contributed by atoms with van der Waals surface area (Å²) in [7, 11) is 0. The normalized spacial score (nSPS) is 10.8. The van der Waals surface area contributed by atoms with Gasteiger partial charge < -0.3 is 10.1 Å². The van der Waals surface area contributed by atoms with Crippen LogP contribution in [0, 0.1) is 35.3 Å². The average Bonchev–Trinajstić information content (AvgIpc) is 2.77. The number of benzene rings is 1. The van der Waals surface area contributed by atoms with Gasteiger partial charge in [-0.15, -0.1) is 0 Å². The highest BCUT2D eigenvalue weighted by atomic mass is 16.6. The van der Waals surface area contributed by atoms with Crippen molar-refractivity contribution in [2.24, 2.45) is 0 Å². The highest BCUT2D eigenvalue weighted by Crippen LogP contribution is 2.31. The third-order valence-corrected chi connectivity index (χ3v) is 3.44. The van der Waals surface area contributed by atoms with Gasteiger partial charge in [-0.1, -0.05) is 18.2 Å². The van der Waals surface area contributed by atoms with Crippen LogP contribution in [0.1, 0.15) is 17.0 Å². The standard InChI is InChI=1S/C14H10N4O2/c1-8-14(18(19)20)17-9(2)12(7-15)10-5-3-4-6-11(10)13(17)16-8/h3-6H,1-2H3.